The lowest BCUT2D eigenvalue weighted by Crippen LogP contribution is -1.97. The van der Waals surface area contributed by atoms with Crippen molar-refractivity contribution >= 4 is 18.1 Å². The summed E-state index contributed by atoms with van der Waals surface area (Å²) in [5, 5.41) is 14.9. The van der Waals surface area contributed by atoms with Gasteiger partial charge in [-0.25, -0.2) is 8.78 Å². The maximum atomic E-state index is 12.7. The average molecular weight is 358 g/mol. The Morgan fingerprint density at radius 2 is 1.69 bits per heavy atom. The van der Waals surface area contributed by atoms with E-state index in [0.717, 1.165) is 0 Å². The van der Waals surface area contributed by atoms with E-state index < -0.39 is 0 Å². The highest BCUT2D eigenvalue weighted by Crippen LogP contribution is 2.08. The molecule has 0 unspecified atom stereocenters. The highest BCUT2D eigenvalue weighted by atomic mass is 19.1. The minimum Gasteiger partial charge on any atom is -0.399 e. The fourth-order valence-electron chi connectivity index (χ4n) is 1.74. The van der Waals surface area contributed by atoms with Gasteiger partial charge in [0.25, 0.3) is 0 Å². The molecule has 0 radical (unpaired) electrons. The van der Waals surface area contributed by atoms with Crippen LogP contribution in [0.2, 0.25) is 0 Å². The summed E-state index contributed by atoms with van der Waals surface area (Å²) in [7, 11) is 1.43. The highest BCUT2D eigenvalue weighted by molar-refractivity contribution is 6.15. The number of anilines is 1. The quantitative estimate of drug-likeness (QED) is 0.561. The predicted octanol–water partition coefficient (Wildman–Crippen LogP) is 3.26. The third-order valence-corrected chi connectivity index (χ3v) is 2.78. The fourth-order valence-corrected chi connectivity index (χ4v) is 1.74. The first-order valence-electron chi connectivity index (χ1n) is 7.41. The number of oxime groups is 1. The van der Waals surface area contributed by atoms with E-state index in [1.165, 1.54) is 48.6 Å². The Bertz CT molecular complexity index is 852. The van der Waals surface area contributed by atoms with Crippen molar-refractivity contribution < 1.29 is 13.6 Å². The number of nitrogens with one attached hydrogen (secondary N) is 1. The van der Waals surface area contributed by atoms with Gasteiger partial charge in [0.2, 0.25) is 0 Å². The summed E-state index contributed by atoms with van der Waals surface area (Å²) in [4.78, 5) is 5.77. The molecule has 0 saturated heterocycles. The second-order valence-corrected chi connectivity index (χ2v) is 4.64. The van der Waals surface area contributed by atoms with E-state index in [9.17, 15) is 8.78 Å². The van der Waals surface area contributed by atoms with Gasteiger partial charge in [-0.05, 0) is 30.3 Å². The van der Waals surface area contributed by atoms with E-state index in [1.807, 2.05) is 0 Å². The maximum Gasteiger partial charge on any atom is 0.125 e. The number of hydrogen-bond acceptors (Lipinski definition) is 6. The van der Waals surface area contributed by atoms with Crippen LogP contribution in [0.1, 0.15) is 0 Å². The third-order valence-electron chi connectivity index (χ3n) is 2.78. The zero-order chi connectivity index (χ0) is 18.6. The van der Waals surface area contributed by atoms with E-state index >= 15 is 0 Å². The van der Waals surface area contributed by atoms with E-state index in [4.69, 9.17) is 0 Å². The van der Waals surface area contributed by atoms with Crippen molar-refractivity contribution in [1.82, 2.24) is 15.0 Å². The highest BCUT2D eigenvalue weighted by Gasteiger charge is 1.97. The molecule has 1 heterocycles. The molecule has 26 heavy (non-hydrogen) atoms. The summed E-state index contributed by atoms with van der Waals surface area (Å²) in [5.41, 5.74) is 3.83. The topological polar surface area (TPSA) is 76.7 Å². The zero-order valence-corrected chi connectivity index (χ0v) is 13.8. The Hall–Kier alpha value is -3.62. The number of halogens is 2. The van der Waals surface area contributed by atoms with Gasteiger partial charge in [0.15, 0.2) is 0 Å². The van der Waals surface area contributed by atoms with Gasteiger partial charge in [-0.3, -0.25) is 5.43 Å². The van der Waals surface area contributed by atoms with Gasteiger partial charge < -0.3 is 4.84 Å². The molecule has 0 amide bonds. The molecule has 0 spiro atoms. The van der Waals surface area contributed by atoms with E-state index in [-0.39, 0.29) is 11.6 Å². The van der Waals surface area contributed by atoms with Gasteiger partial charge in [-0.2, -0.15) is 20.1 Å². The molecule has 9 heteroatoms. The van der Waals surface area contributed by atoms with Gasteiger partial charge in [-0.1, -0.05) is 17.3 Å². The van der Waals surface area contributed by atoms with E-state index in [0.29, 0.717) is 11.4 Å². The maximum absolute atomic E-state index is 12.7. The second kappa shape index (κ2) is 10.3. The fraction of sp³-hybridized carbons (Fsp3) is 0.0588. The van der Waals surface area contributed by atoms with Gasteiger partial charge in [0.1, 0.15) is 18.7 Å². The van der Waals surface area contributed by atoms with Crippen molar-refractivity contribution in [3.63, 3.8) is 0 Å². The molecule has 1 aromatic heterocycles. The van der Waals surface area contributed by atoms with Crippen LogP contribution in [0.25, 0.3) is 5.69 Å². The first kappa shape index (κ1) is 18.7. The molecule has 3 aromatic rings. The standard InChI is InChI=1S/C9H10FN3O.C8H6FN3/c1-14-12-6-5-11-13-9-4-2-3-8(10)7-9;9-7-2-1-3-8(6-7)12-10-4-5-11-12/h2-7,13H,1H3;1-6H/b11-5+,12-6+;. The van der Waals surface area contributed by atoms with Crippen molar-refractivity contribution in [1.29, 1.82) is 0 Å². The Morgan fingerprint density at radius 3 is 2.35 bits per heavy atom. The first-order valence-corrected chi connectivity index (χ1v) is 7.41. The SMILES string of the molecule is CO/N=C/C=N/Nc1cccc(F)c1.Fc1cccc(-n2nccn2)c1. The molecule has 0 saturated carbocycles. The minimum absolute atomic E-state index is 0.287. The average Bonchev–Trinajstić information content (AvgIpc) is 3.17. The molecule has 7 nitrogen and oxygen atoms in total. The molecule has 134 valence electrons. The largest absolute Gasteiger partial charge is 0.399 e. The number of hydrazone groups is 1. The second-order valence-electron chi connectivity index (χ2n) is 4.64. The molecule has 0 aliphatic heterocycles. The summed E-state index contributed by atoms with van der Waals surface area (Å²) in [6.07, 6.45) is 5.86. The van der Waals surface area contributed by atoms with Gasteiger partial charge >= 0.3 is 0 Å². The molecule has 3 rings (SSSR count). The van der Waals surface area contributed by atoms with E-state index in [1.54, 1.807) is 36.7 Å². The van der Waals surface area contributed by atoms with Crippen LogP contribution >= 0.6 is 0 Å². The Balaban J connectivity index is 0.000000189. The monoisotopic (exact) mass is 358 g/mol. The predicted molar refractivity (Wildman–Crippen MR) is 95.3 cm³/mol. The summed E-state index contributed by atoms with van der Waals surface area (Å²) in [6, 6.07) is 12.1. The van der Waals surface area contributed by atoms with Crippen molar-refractivity contribution in [3.05, 3.63) is 72.6 Å². The molecule has 0 aliphatic rings. The lowest BCUT2D eigenvalue weighted by atomic mass is 10.3. The summed E-state index contributed by atoms with van der Waals surface area (Å²) in [6.45, 7) is 0. The lowest BCUT2D eigenvalue weighted by molar-refractivity contribution is 0.216. The summed E-state index contributed by atoms with van der Waals surface area (Å²) in [5.74, 6) is -0.597. The molecule has 0 bridgehead atoms. The van der Waals surface area contributed by atoms with Crippen LogP contribution in [0.5, 0.6) is 0 Å². The Labute approximate surface area is 148 Å². The van der Waals surface area contributed by atoms with Crippen LogP contribution in [-0.2, 0) is 4.84 Å². The normalized spacial score (nSPS) is 10.6. The molecular weight excluding hydrogens is 342 g/mol. The van der Waals surface area contributed by atoms with Crippen LogP contribution in [-0.4, -0.2) is 34.5 Å². The third kappa shape index (κ3) is 6.48. The van der Waals surface area contributed by atoms with Crippen LogP contribution in [0.15, 0.2) is 71.2 Å². The molecule has 0 aliphatic carbocycles. The van der Waals surface area contributed by atoms with Gasteiger partial charge in [0.05, 0.1) is 36.2 Å². The lowest BCUT2D eigenvalue weighted by Gasteiger charge is -1.97. The number of hydrogen-bond donors (Lipinski definition) is 1. The number of benzene rings is 2. The first-order chi connectivity index (χ1) is 12.7. The number of nitrogens with zero attached hydrogens (tertiary/aromatic N) is 5. The Kier molecular flexibility index (Phi) is 7.41. The van der Waals surface area contributed by atoms with Crippen molar-refractivity contribution in [2.24, 2.45) is 10.3 Å². The van der Waals surface area contributed by atoms with Crippen molar-refractivity contribution in [3.8, 4) is 5.69 Å². The van der Waals surface area contributed by atoms with Gasteiger partial charge in [-0.15, -0.1) is 0 Å². The minimum atomic E-state index is -0.309. The number of rotatable bonds is 5. The number of aromatic nitrogens is 3. The summed E-state index contributed by atoms with van der Waals surface area (Å²) >= 11 is 0. The summed E-state index contributed by atoms with van der Waals surface area (Å²) < 4.78 is 25.3. The van der Waals surface area contributed by atoms with Gasteiger partial charge in [0, 0.05) is 6.07 Å². The smallest absolute Gasteiger partial charge is 0.125 e. The van der Waals surface area contributed by atoms with Crippen LogP contribution in [0, 0.1) is 11.6 Å². The van der Waals surface area contributed by atoms with Crippen LogP contribution in [0.3, 0.4) is 0 Å². The van der Waals surface area contributed by atoms with Crippen LogP contribution < -0.4 is 5.43 Å². The zero-order valence-electron chi connectivity index (χ0n) is 13.8. The molecular formula is C17H16F2N6O. The van der Waals surface area contributed by atoms with Crippen molar-refractivity contribution in [2.75, 3.05) is 12.5 Å². The molecule has 0 atom stereocenters. The molecule has 0 fully saturated rings. The van der Waals surface area contributed by atoms with Crippen LogP contribution in [0.4, 0.5) is 14.5 Å². The molecule has 1 N–H and O–H groups in total. The van der Waals surface area contributed by atoms with E-state index in [2.05, 4.69) is 30.7 Å². The van der Waals surface area contributed by atoms with Crippen molar-refractivity contribution in [2.45, 2.75) is 0 Å². The molecule has 2 aromatic carbocycles. The Morgan fingerprint density at radius 1 is 1.00 bits per heavy atom.